The quantitative estimate of drug-likeness (QED) is 0.171. The Kier molecular flexibility index (Phi) is 10.8. The van der Waals surface area contributed by atoms with Crippen LogP contribution in [-0.2, 0) is 27.1 Å². The van der Waals surface area contributed by atoms with E-state index in [-0.39, 0.29) is 35.0 Å². The Hall–Kier alpha value is -4.61. The number of hydrogen-bond donors (Lipinski definition) is 2. The van der Waals surface area contributed by atoms with E-state index in [1.807, 2.05) is 24.3 Å². The van der Waals surface area contributed by atoms with Crippen molar-refractivity contribution in [3.63, 3.8) is 0 Å². The fraction of sp³-hybridized carbons (Fsp3) is 0.500. The maximum Gasteiger partial charge on any atom is 0.272 e. The van der Waals surface area contributed by atoms with Crippen molar-refractivity contribution in [3.8, 4) is 5.75 Å². The number of phenolic OH excluding ortho intramolecular Hbond substituents is 1. The lowest BCUT2D eigenvalue weighted by molar-refractivity contribution is -0.133. The van der Waals surface area contributed by atoms with E-state index in [4.69, 9.17) is 9.47 Å². The van der Waals surface area contributed by atoms with Crippen molar-refractivity contribution in [2.45, 2.75) is 76.7 Å². The molecule has 0 unspecified atom stereocenters. The Morgan fingerprint density at radius 3 is 2.58 bits per heavy atom. The van der Waals surface area contributed by atoms with Crippen molar-refractivity contribution in [2.24, 2.45) is 17.3 Å². The molecule has 0 spiro atoms. The predicted octanol–water partition coefficient (Wildman–Crippen LogP) is 6.38. The van der Waals surface area contributed by atoms with Gasteiger partial charge in [0.25, 0.3) is 11.5 Å². The van der Waals surface area contributed by atoms with Crippen LogP contribution in [0.4, 0.5) is 4.39 Å². The fourth-order valence-corrected chi connectivity index (χ4v) is 10.3. The molecule has 10 nitrogen and oxygen atoms in total. The van der Waals surface area contributed by atoms with Gasteiger partial charge < -0.3 is 24.4 Å². The van der Waals surface area contributed by atoms with Gasteiger partial charge in [0.1, 0.15) is 11.6 Å². The molecule has 2 amide bonds. The van der Waals surface area contributed by atoms with Crippen molar-refractivity contribution in [1.29, 1.82) is 0 Å². The SMILES string of the molecule is C[C@]12CC[C@@H]3c4ccc(O)cc4CC[C@H]3[C@@H]1CC[C@@H]2OCCCOCCC(=O)N1CCN(C(=O)c2cc(Cc3n[nH]c(=O)c4ccccc34)ccc2F)CC1. The Balaban J connectivity index is 0.745. The average molecular weight is 751 g/mol. The third-order valence-corrected chi connectivity index (χ3v) is 13.2. The number of carbonyl (C=O) groups is 2. The van der Waals surface area contributed by atoms with Gasteiger partial charge in [0.2, 0.25) is 5.91 Å². The highest BCUT2D eigenvalue weighted by atomic mass is 19.1. The summed E-state index contributed by atoms with van der Waals surface area (Å²) in [6, 6.07) is 17.6. The Bertz CT molecular complexity index is 2110. The first-order valence-corrected chi connectivity index (χ1v) is 20.0. The number of nitrogens with one attached hydrogen (secondary N) is 1. The minimum atomic E-state index is -0.600. The topological polar surface area (TPSA) is 125 Å². The maximum absolute atomic E-state index is 14.9. The van der Waals surface area contributed by atoms with Crippen LogP contribution in [0.5, 0.6) is 5.75 Å². The summed E-state index contributed by atoms with van der Waals surface area (Å²) in [7, 11) is 0. The number of halogens is 1. The smallest absolute Gasteiger partial charge is 0.272 e. The molecule has 55 heavy (non-hydrogen) atoms. The summed E-state index contributed by atoms with van der Waals surface area (Å²) in [6.45, 7) is 5.37. The number of piperazine rings is 1. The van der Waals surface area contributed by atoms with Crippen LogP contribution in [-0.4, -0.2) is 89.0 Å². The summed E-state index contributed by atoms with van der Waals surface area (Å²) < 4.78 is 27.3. The number of benzene rings is 3. The molecule has 1 aliphatic heterocycles. The van der Waals surface area contributed by atoms with Gasteiger partial charge in [0.15, 0.2) is 0 Å². The number of aromatic hydroxyl groups is 1. The molecule has 1 aromatic heterocycles. The molecule has 2 N–H and O–H groups in total. The molecule has 4 aromatic rings. The first-order chi connectivity index (χ1) is 26.7. The van der Waals surface area contributed by atoms with Gasteiger partial charge in [0.05, 0.1) is 35.8 Å². The zero-order valence-electron chi connectivity index (χ0n) is 31.6. The molecule has 11 heteroatoms. The van der Waals surface area contributed by atoms with Gasteiger partial charge in [-0.1, -0.05) is 37.3 Å². The van der Waals surface area contributed by atoms with Crippen molar-refractivity contribution >= 4 is 22.6 Å². The first kappa shape index (κ1) is 37.3. The van der Waals surface area contributed by atoms with E-state index < -0.39 is 11.7 Å². The highest BCUT2D eigenvalue weighted by molar-refractivity contribution is 5.95. The van der Waals surface area contributed by atoms with Gasteiger partial charge in [-0.2, -0.15) is 5.10 Å². The molecule has 8 rings (SSSR count). The Labute approximate surface area is 321 Å². The van der Waals surface area contributed by atoms with Crippen LogP contribution in [0, 0.1) is 23.1 Å². The number of amides is 2. The average Bonchev–Trinajstić information content (AvgIpc) is 3.54. The molecular weight excluding hydrogens is 700 g/mol. The van der Waals surface area contributed by atoms with Crippen LogP contribution < -0.4 is 5.56 Å². The number of rotatable bonds is 11. The molecule has 0 radical (unpaired) electrons. The molecule has 2 saturated carbocycles. The molecule has 2 heterocycles. The summed E-state index contributed by atoms with van der Waals surface area (Å²) in [4.78, 5) is 41.9. The van der Waals surface area contributed by atoms with Crippen LogP contribution >= 0.6 is 0 Å². The van der Waals surface area contributed by atoms with Gasteiger partial charge in [-0.05, 0) is 115 Å². The van der Waals surface area contributed by atoms with E-state index in [9.17, 15) is 23.9 Å². The Morgan fingerprint density at radius 1 is 0.945 bits per heavy atom. The number of carbonyl (C=O) groups excluding carboxylic acids is 2. The van der Waals surface area contributed by atoms with Gasteiger partial charge in [-0.15, -0.1) is 0 Å². The summed E-state index contributed by atoms with van der Waals surface area (Å²) in [6.07, 6.45) is 8.57. The second-order valence-corrected chi connectivity index (χ2v) is 16.2. The number of aryl methyl sites for hydroxylation is 1. The predicted molar refractivity (Wildman–Crippen MR) is 207 cm³/mol. The van der Waals surface area contributed by atoms with Crippen molar-refractivity contribution in [3.05, 3.63) is 105 Å². The summed E-state index contributed by atoms with van der Waals surface area (Å²) >= 11 is 0. The largest absolute Gasteiger partial charge is 0.508 e. The molecule has 3 fully saturated rings. The van der Waals surface area contributed by atoms with Gasteiger partial charge in [-0.3, -0.25) is 14.4 Å². The molecule has 290 valence electrons. The minimum absolute atomic E-state index is 0.0141. The molecule has 4 aliphatic rings. The summed E-state index contributed by atoms with van der Waals surface area (Å²) in [5.41, 5.74) is 4.03. The molecule has 0 bridgehead atoms. The molecule has 3 aromatic carbocycles. The molecule has 1 saturated heterocycles. The lowest BCUT2D eigenvalue weighted by Crippen LogP contribution is -2.50. The van der Waals surface area contributed by atoms with Crippen LogP contribution in [0.2, 0.25) is 0 Å². The number of fused-ring (bicyclic) bond motifs is 6. The summed E-state index contributed by atoms with van der Waals surface area (Å²) in [5, 5.41) is 18.0. The molecule has 3 aliphatic carbocycles. The number of phenols is 1. The maximum atomic E-state index is 14.9. The zero-order valence-corrected chi connectivity index (χ0v) is 31.6. The minimum Gasteiger partial charge on any atom is -0.508 e. The number of aromatic nitrogens is 2. The lowest BCUT2D eigenvalue weighted by atomic mass is 9.55. The van der Waals surface area contributed by atoms with Crippen LogP contribution in [0.3, 0.4) is 0 Å². The van der Waals surface area contributed by atoms with Gasteiger partial charge in [-0.25, -0.2) is 9.49 Å². The number of ether oxygens (including phenoxy) is 2. The number of H-pyrrole nitrogens is 1. The van der Waals surface area contributed by atoms with E-state index in [0.29, 0.717) is 98.0 Å². The van der Waals surface area contributed by atoms with Crippen LogP contribution in [0.25, 0.3) is 10.8 Å². The van der Waals surface area contributed by atoms with Crippen LogP contribution in [0.15, 0.2) is 65.5 Å². The number of nitrogens with zero attached hydrogens (tertiary/aromatic N) is 3. The second kappa shape index (κ2) is 15.9. The highest BCUT2D eigenvalue weighted by Crippen LogP contribution is 2.61. The van der Waals surface area contributed by atoms with E-state index in [0.717, 1.165) is 19.3 Å². The van der Waals surface area contributed by atoms with Crippen molar-refractivity contribution in [1.82, 2.24) is 20.0 Å². The van der Waals surface area contributed by atoms with Gasteiger partial charge in [0, 0.05) is 51.2 Å². The van der Waals surface area contributed by atoms with Crippen molar-refractivity contribution in [2.75, 3.05) is 46.0 Å². The highest BCUT2D eigenvalue weighted by Gasteiger charge is 2.55. The number of hydrogen-bond acceptors (Lipinski definition) is 7. The molecule has 5 atom stereocenters. The second-order valence-electron chi connectivity index (χ2n) is 16.2. The number of aromatic amines is 1. The first-order valence-electron chi connectivity index (χ1n) is 20.0. The van der Waals surface area contributed by atoms with E-state index in [1.165, 1.54) is 42.9 Å². The normalized spacial score (nSPS) is 24.7. The monoisotopic (exact) mass is 750 g/mol. The molecular formula is C44H51FN4O6. The summed E-state index contributed by atoms with van der Waals surface area (Å²) in [5.74, 6) is 1.31. The van der Waals surface area contributed by atoms with E-state index in [1.54, 1.807) is 34.1 Å². The van der Waals surface area contributed by atoms with E-state index >= 15 is 0 Å². The third kappa shape index (κ3) is 7.53. The zero-order chi connectivity index (χ0) is 38.1. The fourth-order valence-electron chi connectivity index (χ4n) is 10.3. The lowest BCUT2D eigenvalue weighted by Gasteiger charge is -2.50. The van der Waals surface area contributed by atoms with Gasteiger partial charge >= 0.3 is 0 Å². The van der Waals surface area contributed by atoms with Crippen LogP contribution in [0.1, 0.15) is 90.5 Å². The van der Waals surface area contributed by atoms with Crippen molar-refractivity contribution < 1.29 is 28.6 Å². The Morgan fingerprint density at radius 2 is 1.75 bits per heavy atom. The third-order valence-electron chi connectivity index (χ3n) is 13.2. The van der Waals surface area contributed by atoms with E-state index in [2.05, 4.69) is 23.2 Å². The standard InChI is InChI=1S/C44H51FN4O6/c1-44-17-15-32-31-11-9-30(50)27-29(31)8-10-33(32)37(44)12-14-40(44)55-23-4-22-54-24-16-41(51)48-18-20-49(21-19-48)43(53)36-25-28(7-13-38(36)45)26-39-34-5-2-3-6-35(34)42(52)47-46-39/h2-3,5-7,9,11,13,25,27,32-33,37,40,50H,4,8,10,12,14-24,26H2,1H3,(H,47,52)/t32-,33-,37+,40+,44+/m1/s1.